The van der Waals surface area contributed by atoms with Gasteiger partial charge in [0.05, 0.1) is 5.52 Å². The number of aromatic nitrogens is 1. The SMILES string of the molecule is CCNc1cc(C2CC2)nc2cc(C)cc(C)c12. The van der Waals surface area contributed by atoms with Gasteiger partial charge in [0.15, 0.2) is 0 Å². The van der Waals surface area contributed by atoms with Crippen LogP contribution in [0.2, 0.25) is 0 Å². The van der Waals surface area contributed by atoms with Gasteiger partial charge in [-0.15, -0.1) is 0 Å². The first-order valence-electron chi connectivity index (χ1n) is 6.85. The molecule has 0 spiro atoms. The van der Waals surface area contributed by atoms with Crippen LogP contribution < -0.4 is 5.32 Å². The summed E-state index contributed by atoms with van der Waals surface area (Å²) >= 11 is 0. The highest BCUT2D eigenvalue weighted by Gasteiger charge is 2.26. The van der Waals surface area contributed by atoms with Crippen molar-refractivity contribution in [2.24, 2.45) is 0 Å². The molecule has 0 bridgehead atoms. The molecule has 0 unspecified atom stereocenters. The minimum absolute atomic E-state index is 0.702. The first-order chi connectivity index (χ1) is 8.69. The monoisotopic (exact) mass is 240 g/mol. The molecule has 0 aliphatic heterocycles. The number of benzene rings is 1. The molecule has 1 heterocycles. The summed E-state index contributed by atoms with van der Waals surface area (Å²) in [6.07, 6.45) is 2.60. The van der Waals surface area contributed by atoms with E-state index in [1.54, 1.807) is 0 Å². The Morgan fingerprint density at radius 3 is 2.67 bits per heavy atom. The van der Waals surface area contributed by atoms with Gasteiger partial charge in [-0.1, -0.05) is 6.07 Å². The number of rotatable bonds is 3. The lowest BCUT2D eigenvalue weighted by molar-refractivity contribution is 1.04. The van der Waals surface area contributed by atoms with E-state index in [0.717, 1.165) is 12.1 Å². The third-order valence-corrected chi connectivity index (χ3v) is 3.63. The zero-order chi connectivity index (χ0) is 12.7. The maximum atomic E-state index is 4.86. The quantitative estimate of drug-likeness (QED) is 0.871. The number of nitrogens with zero attached hydrogens (tertiary/aromatic N) is 1. The molecule has 94 valence electrons. The summed E-state index contributed by atoms with van der Waals surface area (Å²) in [5.74, 6) is 0.702. The summed E-state index contributed by atoms with van der Waals surface area (Å²) in [4.78, 5) is 4.86. The van der Waals surface area contributed by atoms with Crippen LogP contribution in [0.3, 0.4) is 0 Å². The van der Waals surface area contributed by atoms with E-state index in [9.17, 15) is 0 Å². The first kappa shape index (κ1) is 11.5. The molecule has 18 heavy (non-hydrogen) atoms. The molecule has 1 aliphatic carbocycles. The molecule has 1 fully saturated rings. The lowest BCUT2D eigenvalue weighted by atomic mass is 10.0. The Bertz CT molecular complexity index is 598. The summed E-state index contributed by atoms with van der Waals surface area (Å²) in [6, 6.07) is 6.70. The van der Waals surface area contributed by atoms with Crippen LogP contribution in [0.4, 0.5) is 5.69 Å². The van der Waals surface area contributed by atoms with Crippen LogP contribution >= 0.6 is 0 Å². The topological polar surface area (TPSA) is 24.9 Å². The molecule has 0 atom stereocenters. The molecular weight excluding hydrogens is 220 g/mol. The molecule has 1 aromatic heterocycles. The van der Waals surface area contributed by atoms with Crippen LogP contribution in [0.1, 0.15) is 42.5 Å². The predicted octanol–water partition coefficient (Wildman–Crippen LogP) is 4.16. The number of anilines is 1. The van der Waals surface area contributed by atoms with Gasteiger partial charge >= 0.3 is 0 Å². The summed E-state index contributed by atoms with van der Waals surface area (Å²) in [6.45, 7) is 7.42. The van der Waals surface area contributed by atoms with Gasteiger partial charge in [0, 0.05) is 29.2 Å². The van der Waals surface area contributed by atoms with Gasteiger partial charge in [-0.05, 0) is 56.9 Å². The van der Waals surface area contributed by atoms with Crippen molar-refractivity contribution in [2.75, 3.05) is 11.9 Å². The van der Waals surface area contributed by atoms with Crippen molar-refractivity contribution in [3.8, 4) is 0 Å². The highest BCUT2D eigenvalue weighted by molar-refractivity contribution is 5.94. The molecule has 2 aromatic rings. The molecule has 1 aromatic carbocycles. The van der Waals surface area contributed by atoms with Crippen molar-refractivity contribution in [3.63, 3.8) is 0 Å². The smallest absolute Gasteiger partial charge is 0.0731 e. The fourth-order valence-corrected chi connectivity index (χ4v) is 2.69. The summed E-state index contributed by atoms with van der Waals surface area (Å²) in [5, 5.41) is 4.78. The van der Waals surface area contributed by atoms with Crippen LogP contribution in [0, 0.1) is 13.8 Å². The van der Waals surface area contributed by atoms with Crippen molar-refractivity contribution in [1.82, 2.24) is 4.98 Å². The highest BCUT2D eigenvalue weighted by Crippen LogP contribution is 2.41. The van der Waals surface area contributed by atoms with Crippen LogP contribution in [0.15, 0.2) is 18.2 Å². The number of hydrogen-bond donors (Lipinski definition) is 1. The minimum atomic E-state index is 0.702. The van der Waals surface area contributed by atoms with E-state index in [1.165, 1.54) is 40.7 Å². The zero-order valence-corrected chi connectivity index (χ0v) is 11.4. The van der Waals surface area contributed by atoms with E-state index in [0.29, 0.717) is 5.92 Å². The molecule has 1 aliphatic rings. The van der Waals surface area contributed by atoms with Crippen LogP contribution in [0.5, 0.6) is 0 Å². The van der Waals surface area contributed by atoms with E-state index >= 15 is 0 Å². The maximum Gasteiger partial charge on any atom is 0.0731 e. The maximum absolute atomic E-state index is 4.86. The average molecular weight is 240 g/mol. The predicted molar refractivity (Wildman–Crippen MR) is 77.4 cm³/mol. The Kier molecular flexibility index (Phi) is 2.73. The average Bonchev–Trinajstić information content (AvgIpc) is 3.11. The molecule has 1 N–H and O–H groups in total. The lowest BCUT2D eigenvalue weighted by Gasteiger charge is -2.13. The molecule has 0 saturated heterocycles. The largest absolute Gasteiger partial charge is 0.385 e. The van der Waals surface area contributed by atoms with E-state index in [-0.39, 0.29) is 0 Å². The third kappa shape index (κ3) is 1.96. The molecule has 3 rings (SSSR count). The van der Waals surface area contributed by atoms with E-state index < -0.39 is 0 Å². The lowest BCUT2D eigenvalue weighted by Crippen LogP contribution is -2.01. The Morgan fingerprint density at radius 1 is 1.22 bits per heavy atom. The number of nitrogens with one attached hydrogen (secondary N) is 1. The number of aryl methyl sites for hydroxylation is 2. The Morgan fingerprint density at radius 2 is 2.00 bits per heavy atom. The molecule has 2 heteroatoms. The normalized spacial score (nSPS) is 15.1. The molecule has 0 amide bonds. The van der Waals surface area contributed by atoms with Crippen molar-refractivity contribution in [3.05, 3.63) is 35.0 Å². The third-order valence-electron chi connectivity index (χ3n) is 3.63. The van der Waals surface area contributed by atoms with Crippen LogP contribution in [-0.2, 0) is 0 Å². The molecule has 1 saturated carbocycles. The second-order valence-electron chi connectivity index (χ2n) is 5.38. The first-order valence-corrected chi connectivity index (χ1v) is 6.85. The van der Waals surface area contributed by atoms with Crippen molar-refractivity contribution >= 4 is 16.6 Å². The van der Waals surface area contributed by atoms with E-state index in [2.05, 4.69) is 44.3 Å². The van der Waals surface area contributed by atoms with Gasteiger partial charge in [0.2, 0.25) is 0 Å². The van der Waals surface area contributed by atoms with Crippen LogP contribution in [0.25, 0.3) is 10.9 Å². The Hall–Kier alpha value is -1.57. The second-order valence-corrected chi connectivity index (χ2v) is 5.38. The van der Waals surface area contributed by atoms with Gasteiger partial charge in [0.25, 0.3) is 0 Å². The summed E-state index contributed by atoms with van der Waals surface area (Å²) < 4.78 is 0. The van der Waals surface area contributed by atoms with Crippen LogP contribution in [-0.4, -0.2) is 11.5 Å². The Labute approximate surface area is 108 Å². The highest BCUT2D eigenvalue weighted by atomic mass is 14.9. The van der Waals surface area contributed by atoms with Gasteiger partial charge in [-0.25, -0.2) is 0 Å². The van der Waals surface area contributed by atoms with Gasteiger partial charge in [-0.2, -0.15) is 0 Å². The standard InChI is InChI=1S/C16H20N2/c1-4-17-14-9-13(12-5-6-12)18-15-8-10(2)7-11(3)16(14)15/h7-9,12H,4-6H2,1-3H3,(H,17,18). The second kappa shape index (κ2) is 4.27. The van der Waals surface area contributed by atoms with E-state index in [4.69, 9.17) is 4.98 Å². The molecule has 0 radical (unpaired) electrons. The van der Waals surface area contributed by atoms with Crippen molar-refractivity contribution in [1.29, 1.82) is 0 Å². The van der Waals surface area contributed by atoms with Gasteiger partial charge in [-0.3, -0.25) is 4.98 Å². The minimum Gasteiger partial charge on any atom is -0.385 e. The number of pyridine rings is 1. The number of fused-ring (bicyclic) bond motifs is 1. The summed E-state index contributed by atoms with van der Waals surface area (Å²) in [5.41, 5.74) is 6.27. The van der Waals surface area contributed by atoms with E-state index in [1.807, 2.05) is 0 Å². The fourth-order valence-electron chi connectivity index (χ4n) is 2.69. The van der Waals surface area contributed by atoms with Gasteiger partial charge in [0.1, 0.15) is 0 Å². The number of hydrogen-bond acceptors (Lipinski definition) is 2. The Balaban J connectivity index is 2.26. The molecular formula is C16H20N2. The zero-order valence-electron chi connectivity index (χ0n) is 11.4. The van der Waals surface area contributed by atoms with Gasteiger partial charge < -0.3 is 5.32 Å². The fraction of sp³-hybridized carbons (Fsp3) is 0.438. The van der Waals surface area contributed by atoms with Crippen molar-refractivity contribution in [2.45, 2.75) is 39.5 Å². The summed E-state index contributed by atoms with van der Waals surface area (Å²) in [7, 11) is 0. The van der Waals surface area contributed by atoms with Crippen molar-refractivity contribution < 1.29 is 0 Å². The molecule has 2 nitrogen and oxygen atoms in total.